The highest BCUT2D eigenvalue weighted by atomic mass is 35.5. The van der Waals surface area contributed by atoms with Gasteiger partial charge < -0.3 is 9.80 Å². The standard InChI is InChI=1S/C14H14Cl2N2/c15-12-4-3-5-13(16)11(12)10-18-9-8-17-7-2-1-6-14(17)18/h1-6H,7-10H2. The minimum absolute atomic E-state index is 0.743. The fourth-order valence-electron chi connectivity index (χ4n) is 2.44. The van der Waals surface area contributed by atoms with Gasteiger partial charge in [-0.05, 0) is 18.2 Å². The zero-order valence-electron chi connectivity index (χ0n) is 9.94. The maximum Gasteiger partial charge on any atom is 0.105 e. The van der Waals surface area contributed by atoms with Crippen LogP contribution >= 0.6 is 23.2 Å². The number of allylic oxidation sites excluding steroid dienone is 2. The normalized spacial score (nSPS) is 18.0. The van der Waals surface area contributed by atoms with Crippen molar-refractivity contribution in [1.29, 1.82) is 0 Å². The van der Waals surface area contributed by atoms with E-state index in [0.29, 0.717) is 0 Å². The van der Waals surface area contributed by atoms with Crippen molar-refractivity contribution in [2.24, 2.45) is 0 Å². The topological polar surface area (TPSA) is 6.48 Å². The number of hydrogen-bond acceptors (Lipinski definition) is 2. The van der Waals surface area contributed by atoms with Gasteiger partial charge in [0.05, 0.1) is 0 Å². The molecule has 0 bridgehead atoms. The molecule has 0 unspecified atom stereocenters. The van der Waals surface area contributed by atoms with Gasteiger partial charge in [-0.25, -0.2) is 0 Å². The molecular weight excluding hydrogens is 267 g/mol. The van der Waals surface area contributed by atoms with Crippen molar-refractivity contribution in [3.8, 4) is 0 Å². The summed E-state index contributed by atoms with van der Waals surface area (Å²) in [5.41, 5.74) is 1.01. The molecule has 0 aliphatic carbocycles. The van der Waals surface area contributed by atoms with Gasteiger partial charge in [-0.15, -0.1) is 0 Å². The molecule has 1 saturated heterocycles. The van der Waals surface area contributed by atoms with Crippen molar-refractivity contribution < 1.29 is 0 Å². The van der Waals surface area contributed by atoms with E-state index in [2.05, 4.69) is 28.0 Å². The number of nitrogens with zero attached hydrogens (tertiary/aromatic N) is 2. The molecule has 2 heterocycles. The molecule has 3 rings (SSSR count). The second-order valence-electron chi connectivity index (χ2n) is 4.52. The molecule has 0 aromatic heterocycles. The van der Waals surface area contributed by atoms with E-state index >= 15 is 0 Å². The number of halogens is 2. The third-order valence-electron chi connectivity index (χ3n) is 3.41. The van der Waals surface area contributed by atoms with Crippen molar-refractivity contribution in [2.75, 3.05) is 19.6 Å². The van der Waals surface area contributed by atoms with Gasteiger partial charge in [-0.1, -0.05) is 41.4 Å². The van der Waals surface area contributed by atoms with E-state index in [4.69, 9.17) is 23.2 Å². The van der Waals surface area contributed by atoms with E-state index in [0.717, 1.165) is 41.8 Å². The average Bonchev–Trinajstić information content (AvgIpc) is 2.77. The summed E-state index contributed by atoms with van der Waals surface area (Å²) in [6, 6.07) is 5.67. The molecule has 2 nitrogen and oxygen atoms in total. The molecule has 0 N–H and O–H groups in total. The first kappa shape index (κ1) is 11.9. The summed E-state index contributed by atoms with van der Waals surface area (Å²) in [6.45, 7) is 3.86. The zero-order chi connectivity index (χ0) is 12.5. The highest BCUT2D eigenvalue weighted by Crippen LogP contribution is 2.29. The smallest absolute Gasteiger partial charge is 0.105 e. The monoisotopic (exact) mass is 280 g/mol. The van der Waals surface area contributed by atoms with E-state index in [9.17, 15) is 0 Å². The molecule has 0 atom stereocenters. The van der Waals surface area contributed by atoms with Crippen molar-refractivity contribution in [3.05, 3.63) is 57.9 Å². The van der Waals surface area contributed by atoms with E-state index in [1.54, 1.807) is 0 Å². The third kappa shape index (κ3) is 2.11. The van der Waals surface area contributed by atoms with Crippen LogP contribution in [0.15, 0.2) is 42.2 Å². The Kier molecular flexibility index (Phi) is 3.23. The van der Waals surface area contributed by atoms with E-state index in [1.165, 1.54) is 5.82 Å². The van der Waals surface area contributed by atoms with Crippen molar-refractivity contribution in [2.45, 2.75) is 6.54 Å². The Bertz CT molecular complexity index is 502. The maximum atomic E-state index is 6.22. The number of rotatable bonds is 2. The highest BCUT2D eigenvalue weighted by molar-refractivity contribution is 6.35. The van der Waals surface area contributed by atoms with Gasteiger partial charge in [0.2, 0.25) is 0 Å². The molecule has 1 fully saturated rings. The summed E-state index contributed by atoms with van der Waals surface area (Å²) in [6.07, 6.45) is 6.44. The summed E-state index contributed by atoms with van der Waals surface area (Å²) >= 11 is 12.4. The first-order valence-electron chi connectivity index (χ1n) is 6.05. The van der Waals surface area contributed by atoms with Crippen molar-refractivity contribution >= 4 is 23.2 Å². The summed E-state index contributed by atoms with van der Waals surface area (Å²) in [5, 5.41) is 1.49. The van der Waals surface area contributed by atoms with Gasteiger partial charge in [-0.2, -0.15) is 0 Å². The first-order valence-corrected chi connectivity index (χ1v) is 6.81. The van der Waals surface area contributed by atoms with Crippen molar-refractivity contribution in [1.82, 2.24) is 9.80 Å². The van der Waals surface area contributed by atoms with Crippen LogP contribution in [0.3, 0.4) is 0 Å². The van der Waals surface area contributed by atoms with Crippen LogP contribution in [0.25, 0.3) is 0 Å². The minimum atomic E-state index is 0.743. The molecule has 18 heavy (non-hydrogen) atoms. The van der Waals surface area contributed by atoms with Crippen LogP contribution in [-0.2, 0) is 6.54 Å². The molecular formula is C14H14Cl2N2. The SMILES string of the molecule is Clc1cccc(Cl)c1CN1CCN2CC=CC=C21. The van der Waals surface area contributed by atoms with E-state index in [1.807, 2.05) is 18.2 Å². The van der Waals surface area contributed by atoms with Crippen LogP contribution in [-0.4, -0.2) is 29.4 Å². The molecule has 2 aliphatic heterocycles. The molecule has 94 valence electrons. The lowest BCUT2D eigenvalue weighted by Crippen LogP contribution is -2.24. The van der Waals surface area contributed by atoms with Gasteiger partial charge in [-0.3, -0.25) is 0 Å². The molecule has 4 heteroatoms. The fraction of sp³-hybridized carbons (Fsp3) is 0.286. The predicted molar refractivity (Wildman–Crippen MR) is 75.7 cm³/mol. The first-order chi connectivity index (χ1) is 8.75. The largest absolute Gasteiger partial charge is 0.353 e. The number of hydrogen-bond donors (Lipinski definition) is 0. The molecule has 1 aromatic rings. The highest BCUT2D eigenvalue weighted by Gasteiger charge is 2.25. The van der Waals surface area contributed by atoms with E-state index in [-0.39, 0.29) is 0 Å². The molecule has 0 amide bonds. The zero-order valence-corrected chi connectivity index (χ0v) is 11.5. The van der Waals surface area contributed by atoms with Crippen LogP contribution in [0.5, 0.6) is 0 Å². The predicted octanol–water partition coefficient (Wildman–Crippen LogP) is 3.52. The second-order valence-corrected chi connectivity index (χ2v) is 5.34. The van der Waals surface area contributed by atoms with Crippen LogP contribution in [0.2, 0.25) is 10.0 Å². The van der Waals surface area contributed by atoms with Gasteiger partial charge in [0.25, 0.3) is 0 Å². The second kappa shape index (κ2) is 4.87. The Balaban J connectivity index is 1.85. The average molecular weight is 281 g/mol. The summed E-state index contributed by atoms with van der Waals surface area (Å²) in [4.78, 5) is 4.70. The number of benzene rings is 1. The molecule has 0 saturated carbocycles. The summed E-state index contributed by atoms with van der Waals surface area (Å²) in [5.74, 6) is 1.27. The Morgan fingerprint density at radius 3 is 2.67 bits per heavy atom. The summed E-state index contributed by atoms with van der Waals surface area (Å²) in [7, 11) is 0. The Hall–Kier alpha value is -1.12. The van der Waals surface area contributed by atoms with Gasteiger partial charge in [0.15, 0.2) is 0 Å². The summed E-state index contributed by atoms with van der Waals surface area (Å²) < 4.78 is 0. The lowest BCUT2D eigenvalue weighted by Gasteiger charge is -2.26. The molecule has 1 aromatic carbocycles. The maximum absolute atomic E-state index is 6.22. The van der Waals surface area contributed by atoms with Crippen LogP contribution in [0, 0.1) is 0 Å². The minimum Gasteiger partial charge on any atom is -0.353 e. The Morgan fingerprint density at radius 2 is 1.89 bits per heavy atom. The van der Waals surface area contributed by atoms with Crippen LogP contribution in [0.4, 0.5) is 0 Å². The lowest BCUT2D eigenvalue weighted by molar-refractivity contribution is 0.344. The number of fused-ring (bicyclic) bond motifs is 1. The van der Waals surface area contributed by atoms with Gasteiger partial charge in [0, 0.05) is 41.8 Å². The van der Waals surface area contributed by atoms with Crippen LogP contribution in [0.1, 0.15) is 5.56 Å². The molecule has 0 spiro atoms. The Morgan fingerprint density at radius 1 is 1.11 bits per heavy atom. The lowest BCUT2D eigenvalue weighted by atomic mass is 10.2. The third-order valence-corrected chi connectivity index (χ3v) is 4.11. The molecule has 0 radical (unpaired) electrons. The van der Waals surface area contributed by atoms with Crippen LogP contribution < -0.4 is 0 Å². The Labute approximate surface area is 117 Å². The molecule has 2 aliphatic rings. The fourth-order valence-corrected chi connectivity index (χ4v) is 2.96. The van der Waals surface area contributed by atoms with E-state index < -0.39 is 0 Å². The van der Waals surface area contributed by atoms with Gasteiger partial charge in [0.1, 0.15) is 5.82 Å². The van der Waals surface area contributed by atoms with Crippen molar-refractivity contribution in [3.63, 3.8) is 0 Å². The van der Waals surface area contributed by atoms with Gasteiger partial charge >= 0.3 is 0 Å². The quantitative estimate of drug-likeness (QED) is 0.818.